The van der Waals surface area contributed by atoms with E-state index >= 15 is 0 Å². The van der Waals surface area contributed by atoms with Crippen LogP contribution in [0, 0.1) is 5.92 Å². The molecule has 0 amide bonds. The summed E-state index contributed by atoms with van der Waals surface area (Å²) in [6, 6.07) is 0.712. The largest absolute Gasteiger partial charge is 0.314 e. The van der Waals surface area contributed by atoms with Crippen molar-refractivity contribution >= 4 is 0 Å². The van der Waals surface area contributed by atoms with Crippen molar-refractivity contribution in [3.05, 3.63) is 0 Å². The molecular weight excluding hydrogens is 198 g/mol. The van der Waals surface area contributed by atoms with Crippen molar-refractivity contribution in [1.29, 1.82) is 0 Å². The van der Waals surface area contributed by atoms with Gasteiger partial charge in [0.05, 0.1) is 0 Å². The first-order valence-electron chi connectivity index (χ1n) is 6.93. The second kappa shape index (κ2) is 5.99. The summed E-state index contributed by atoms with van der Waals surface area (Å²) in [5.74, 6) is 1.02. The predicted molar refractivity (Wildman–Crippen MR) is 68.7 cm³/mol. The van der Waals surface area contributed by atoms with Crippen LogP contribution in [0.4, 0.5) is 0 Å². The number of hydrogen-bond donors (Lipinski definition) is 1. The SMILES string of the molecule is CC(C)N(CCN1CCNCC1)CC1CC1. The molecule has 1 aliphatic heterocycles. The summed E-state index contributed by atoms with van der Waals surface area (Å²) in [6.45, 7) is 13.3. The highest BCUT2D eigenvalue weighted by Crippen LogP contribution is 2.30. The minimum absolute atomic E-state index is 0.712. The molecule has 2 rings (SSSR count). The van der Waals surface area contributed by atoms with Gasteiger partial charge < -0.3 is 5.32 Å². The van der Waals surface area contributed by atoms with Gasteiger partial charge in [0.15, 0.2) is 0 Å². The molecule has 0 aromatic heterocycles. The minimum Gasteiger partial charge on any atom is -0.314 e. The van der Waals surface area contributed by atoms with Gasteiger partial charge in [-0.15, -0.1) is 0 Å². The van der Waals surface area contributed by atoms with Gasteiger partial charge in [-0.25, -0.2) is 0 Å². The Kier molecular flexibility index (Phi) is 4.62. The summed E-state index contributed by atoms with van der Waals surface area (Å²) >= 11 is 0. The maximum atomic E-state index is 3.41. The molecule has 3 nitrogen and oxygen atoms in total. The average Bonchev–Trinajstić information content (AvgIpc) is 3.09. The molecule has 0 radical (unpaired) electrons. The van der Waals surface area contributed by atoms with Crippen molar-refractivity contribution in [2.75, 3.05) is 45.8 Å². The van der Waals surface area contributed by atoms with Crippen LogP contribution < -0.4 is 5.32 Å². The van der Waals surface area contributed by atoms with Crippen molar-refractivity contribution in [3.63, 3.8) is 0 Å². The first-order valence-corrected chi connectivity index (χ1v) is 6.93. The normalized spacial score (nSPS) is 23.2. The third-order valence-corrected chi connectivity index (χ3v) is 3.83. The number of piperazine rings is 1. The summed E-state index contributed by atoms with van der Waals surface area (Å²) in [5.41, 5.74) is 0. The van der Waals surface area contributed by atoms with Crippen LogP contribution in [0.15, 0.2) is 0 Å². The van der Waals surface area contributed by atoms with Gasteiger partial charge in [-0.05, 0) is 32.6 Å². The quantitative estimate of drug-likeness (QED) is 0.728. The molecule has 0 unspecified atom stereocenters. The number of rotatable bonds is 6. The van der Waals surface area contributed by atoms with Crippen LogP contribution >= 0.6 is 0 Å². The molecule has 1 aliphatic carbocycles. The third-order valence-electron chi connectivity index (χ3n) is 3.83. The van der Waals surface area contributed by atoms with E-state index in [4.69, 9.17) is 0 Å². The maximum Gasteiger partial charge on any atom is 0.0112 e. The fourth-order valence-corrected chi connectivity index (χ4v) is 2.40. The van der Waals surface area contributed by atoms with E-state index in [1.165, 1.54) is 58.7 Å². The molecule has 1 heterocycles. The molecule has 1 saturated carbocycles. The lowest BCUT2D eigenvalue weighted by Gasteiger charge is -2.32. The van der Waals surface area contributed by atoms with Gasteiger partial charge >= 0.3 is 0 Å². The van der Waals surface area contributed by atoms with Crippen LogP contribution in [0.3, 0.4) is 0 Å². The van der Waals surface area contributed by atoms with Crippen LogP contribution in [0.2, 0.25) is 0 Å². The molecule has 0 bridgehead atoms. The molecule has 1 N–H and O–H groups in total. The van der Waals surface area contributed by atoms with E-state index < -0.39 is 0 Å². The van der Waals surface area contributed by atoms with Gasteiger partial charge in [-0.1, -0.05) is 0 Å². The maximum absolute atomic E-state index is 3.41. The Bertz CT molecular complexity index is 195. The summed E-state index contributed by atoms with van der Waals surface area (Å²) in [4.78, 5) is 5.26. The van der Waals surface area contributed by atoms with E-state index in [2.05, 4.69) is 29.0 Å². The molecule has 0 atom stereocenters. The van der Waals surface area contributed by atoms with Crippen LogP contribution in [-0.2, 0) is 0 Å². The summed E-state index contributed by atoms with van der Waals surface area (Å²) < 4.78 is 0. The average molecular weight is 225 g/mol. The third kappa shape index (κ3) is 4.04. The van der Waals surface area contributed by atoms with Gasteiger partial charge in [0.25, 0.3) is 0 Å². The summed E-state index contributed by atoms with van der Waals surface area (Å²) in [5, 5.41) is 3.41. The van der Waals surface area contributed by atoms with Gasteiger partial charge in [-0.3, -0.25) is 9.80 Å². The van der Waals surface area contributed by atoms with Crippen molar-refractivity contribution in [2.45, 2.75) is 32.7 Å². The molecule has 3 heteroatoms. The predicted octanol–water partition coefficient (Wildman–Crippen LogP) is 1.01. The lowest BCUT2D eigenvalue weighted by molar-refractivity contribution is 0.160. The molecule has 0 spiro atoms. The number of hydrogen-bond acceptors (Lipinski definition) is 3. The Hall–Kier alpha value is -0.120. The van der Waals surface area contributed by atoms with E-state index in [-0.39, 0.29) is 0 Å². The molecule has 0 aromatic rings. The van der Waals surface area contributed by atoms with Crippen LogP contribution in [-0.4, -0.2) is 61.7 Å². The zero-order chi connectivity index (χ0) is 11.4. The van der Waals surface area contributed by atoms with Crippen molar-refractivity contribution in [1.82, 2.24) is 15.1 Å². The van der Waals surface area contributed by atoms with Gasteiger partial charge in [0, 0.05) is 51.9 Å². The fraction of sp³-hybridized carbons (Fsp3) is 1.00. The Labute approximate surface area is 100 Å². The highest BCUT2D eigenvalue weighted by Gasteiger charge is 2.25. The Morgan fingerprint density at radius 2 is 1.94 bits per heavy atom. The molecule has 16 heavy (non-hydrogen) atoms. The summed E-state index contributed by atoms with van der Waals surface area (Å²) in [7, 11) is 0. The zero-order valence-electron chi connectivity index (χ0n) is 10.9. The molecule has 2 aliphatic rings. The second-order valence-electron chi connectivity index (χ2n) is 5.62. The first kappa shape index (κ1) is 12.3. The Morgan fingerprint density at radius 1 is 1.25 bits per heavy atom. The standard InChI is InChI=1S/C13H27N3/c1-12(2)16(11-13-3-4-13)10-9-15-7-5-14-6-8-15/h12-14H,3-11H2,1-2H3. The van der Waals surface area contributed by atoms with E-state index in [1.54, 1.807) is 0 Å². The molecule has 94 valence electrons. The Morgan fingerprint density at radius 3 is 2.50 bits per heavy atom. The smallest absolute Gasteiger partial charge is 0.0112 e. The van der Waals surface area contributed by atoms with Crippen LogP contribution in [0.5, 0.6) is 0 Å². The lowest BCUT2D eigenvalue weighted by atomic mass is 10.2. The monoisotopic (exact) mass is 225 g/mol. The highest BCUT2D eigenvalue weighted by atomic mass is 15.2. The van der Waals surface area contributed by atoms with E-state index in [0.717, 1.165) is 5.92 Å². The minimum atomic E-state index is 0.712. The van der Waals surface area contributed by atoms with Crippen molar-refractivity contribution < 1.29 is 0 Å². The van der Waals surface area contributed by atoms with Crippen LogP contribution in [0.25, 0.3) is 0 Å². The highest BCUT2D eigenvalue weighted by molar-refractivity contribution is 4.79. The summed E-state index contributed by atoms with van der Waals surface area (Å²) in [6.07, 6.45) is 2.94. The van der Waals surface area contributed by atoms with Crippen molar-refractivity contribution in [2.24, 2.45) is 5.92 Å². The zero-order valence-corrected chi connectivity index (χ0v) is 10.9. The van der Waals surface area contributed by atoms with E-state index in [1.807, 2.05) is 0 Å². The first-order chi connectivity index (χ1) is 7.75. The van der Waals surface area contributed by atoms with Crippen molar-refractivity contribution in [3.8, 4) is 0 Å². The lowest BCUT2D eigenvalue weighted by Crippen LogP contribution is -2.47. The fourth-order valence-electron chi connectivity index (χ4n) is 2.40. The molecular formula is C13H27N3. The second-order valence-corrected chi connectivity index (χ2v) is 5.62. The molecule has 2 fully saturated rings. The number of nitrogens with zero attached hydrogens (tertiary/aromatic N) is 2. The van der Waals surface area contributed by atoms with E-state index in [0.29, 0.717) is 6.04 Å². The van der Waals surface area contributed by atoms with Gasteiger partial charge in [0.1, 0.15) is 0 Å². The van der Waals surface area contributed by atoms with E-state index in [9.17, 15) is 0 Å². The van der Waals surface area contributed by atoms with Gasteiger partial charge in [-0.2, -0.15) is 0 Å². The number of nitrogens with one attached hydrogen (secondary N) is 1. The molecule has 0 aromatic carbocycles. The van der Waals surface area contributed by atoms with Gasteiger partial charge in [0.2, 0.25) is 0 Å². The molecule has 1 saturated heterocycles. The Balaban J connectivity index is 1.67. The van der Waals surface area contributed by atoms with Crippen LogP contribution in [0.1, 0.15) is 26.7 Å². The topological polar surface area (TPSA) is 18.5 Å².